The van der Waals surface area contributed by atoms with Gasteiger partial charge in [0.25, 0.3) is 5.91 Å². The fraction of sp³-hybridized carbons (Fsp3) is 0.188. The number of halogens is 2. The Morgan fingerprint density at radius 2 is 2.00 bits per heavy atom. The zero-order valence-corrected chi connectivity index (χ0v) is 14.0. The van der Waals surface area contributed by atoms with Gasteiger partial charge in [-0.15, -0.1) is 0 Å². The smallest absolute Gasteiger partial charge is 0.279 e. The molecule has 0 saturated carbocycles. The summed E-state index contributed by atoms with van der Waals surface area (Å²) in [5.74, 6) is -0.0220. The molecule has 2 rings (SSSR count). The van der Waals surface area contributed by atoms with Gasteiger partial charge in [-0.3, -0.25) is 4.79 Å². The molecule has 3 N–H and O–H groups in total. The van der Waals surface area contributed by atoms with Crippen LogP contribution < -0.4 is 10.6 Å². The fourth-order valence-corrected chi connectivity index (χ4v) is 2.42. The van der Waals surface area contributed by atoms with Crippen LogP contribution in [0.5, 0.6) is 0 Å². The summed E-state index contributed by atoms with van der Waals surface area (Å²) in [4.78, 5) is 11.9. The number of anilines is 1. The molecule has 0 fully saturated rings. The lowest BCUT2D eigenvalue weighted by atomic mass is 10.1. The fourth-order valence-electron chi connectivity index (χ4n) is 1.95. The van der Waals surface area contributed by atoms with Crippen LogP contribution in [0.2, 0.25) is 5.02 Å². The van der Waals surface area contributed by atoms with Crippen molar-refractivity contribution in [3.8, 4) is 0 Å². The van der Waals surface area contributed by atoms with E-state index in [0.717, 1.165) is 15.7 Å². The van der Waals surface area contributed by atoms with E-state index in [1.807, 2.05) is 53.8 Å². The minimum atomic E-state index is -0.0220. The van der Waals surface area contributed by atoms with Crippen molar-refractivity contribution in [2.75, 3.05) is 11.9 Å². The molecule has 0 heterocycles. The van der Waals surface area contributed by atoms with Crippen LogP contribution >= 0.6 is 27.5 Å². The van der Waals surface area contributed by atoms with Gasteiger partial charge in [0.1, 0.15) is 6.04 Å². The molecule has 1 amide bonds. The topological polar surface area (TPSA) is 45.7 Å². The normalized spacial score (nSPS) is 12.0. The monoisotopic (exact) mass is 367 g/mol. The van der Waals surface area contributed by atoms with Gasteiger partial charge in [0.05, 0.1) is 0 Å². The van der Waals surface area contributed by atoms with Crippen molar-refractivity contribution in [3.05, 3.63) is 63.6 Å². The molecule has 0 unspecified atom stereocenters. The molecule has 0 spiro atoms. The van der Waals surface area contributed by atoms with Gasteiger partial charge in [-0.25, -0.2) is 0 Å². The highest BCUT2D eigenvalue weighted by molar-refractivity contribution is 9.10. The summed E-state index contributed by atoms with van der Waals surface area (Å²) >= 11 is 9.34. The third-order valence-corrected chi connectivity index (χ3v) is 3.92. The highest BCUT2D eigenvalue weighted by Gasteiger charge is 2.11. The Kier molecular flexibility index (Phi) is 5.79. The van der Waals surface area contributed by atoms with E-state index in [1.54, 1.807) is 0 Å². The molecular weight excluding hydrogens is 352 g/mol. The highest BCUT2D eigenvalue weighted by atomic mass is 79.9. The number of quaternary nitrogens is 1. The number of nitrogens with two attached hydrogens (primary N) is 1. The van der Waals surface area contributed by atoms with Crippen LogP contribution in [0.1, 0.15) is 18.5 Å². The van der Waals surface area contributed by atoms with E-state index < -0.39 is 0 Å². The zero-order valence-electron chi connectivity index (χ0n) is 11.6. The van der Waals surface area contributed by atoms with E-state index in [-0.39, 0.29) is 11.9 Å². The van der Waals surface area contributed by atoms with Crippen LogP contribution in [0, 0.1) is 0 Å². The molecule has 5 heteroatoms. The Bertz CT molecular complexity index is 616. The molecule has 0 aliphatic carbocycles. The van der Waals surface area contributed by atoms with Gasteiger partial charge >= 0.3 is 0 Å². The molecule has 1 atom stereocenters. The molecule has 0 aliphatic rings. The summed E-state index contributed by atoms with van der Waals surface area (Å²) < 4.78 is 0.988. The first-order chi connectivity index (χ1) is 10.0. The second kappa shape index (κ2) is 7.59. The summed E-state index contributed by atoms with van der Waals surface area (Å²) in [7, 11) is 0. The summed E-state index contributed by atoms with van der Waals surface area (Å²) in [5, 5.41) is 5.57. The first-order valence-electron chi connectivity index (χ1n) is 6.69. The van der Waals surface area contributed by atoms with Crippen LogP contribution in [0.15, 0.2) is 53.0 Å². The third-order valence-electron chi connectivity index (χ3n) is 3.16. The second-order valence-electron chi connectivity index (χ2n) is 4.84. The second-order valence-corrected chi connectivity index (χ2v) is 6.19. The Morgan fingerprint density at radius 3 is 2.67 bits per heavy atom. The first-order valence-corrected chi connectivity index (χ1v) is 7.86. The number of amides is 1. The zero-order chi connectivity index (χ0) is 15.2. The minimum absolute atomic E-state index is 0.0220. The van der Waals surface area contributed by atoms with Crippen molar-refractivity contribution in [1.29, 1.82) is 0 Å². The molecule has 110 valence electrons. The number of benzene rings is 2. The maximum atomic E-state index is 11.9. The quantitative estimate of drug-likeness (QED) is 0.835. The minimum Gasteiger partial charge on any atom is -0.333 e. The van der Waals surface area contributed by atoms with Crippen LogP contribution in [0.25, 0.3) is 0 Å². The lowest BCUT2D eigenvalue weighted by Crippen LogP contribution is -2.86. The molecule has 0 aromatic heterocycles. The largest absolute Gasteiger partial charge is 0.333 e. The summed E-state index contributed by atoms with van der Waals surface area (Å²) in [6.45, 7) is 2.42. The molecule has 0 aliphatic heterocycles. The van der Waals surface area contributed by atoms with Gasteiger partial charge in [-0.2, -0.15) is 0 Å². The summed E-state index contributed by atoms with van der Waals surface area (Å²) in [6.07, 6.45) is 0. The van der Waals surface area contributed by atoms with Crippen LogP contribution in [0.3, 0.4) is 0 Å². The number of nitrogens with one attached hydrogen (secondary N) is 1. The number of hydrogen-bond acceptors (Lipinski definition) is 1. The lowest BCUT2D eigenvalue weighted by molar-refractivity contribution is -0.682. The molecule has 0 saturated heterocycles. The van der Waals surface area contributed by atoms with E-state index in [4.69, 9.17) is 11.6 Å². The molecule has 2 aromatic rings. The van der Waals surface area contributed by atoms with Gasteiger partial charge in [-0.1, -0.05) is 39.7 Å². The average Bonchev–Trinajstić information content (AvgIpc) is 2.47. The van der Waals surface area contributed by atoms with Gasteiger partial charge in [-0.05, 0) is 43.3 Å². The number of hydrogen-bond donors (Lipinski definition) is 2. The molecule has 2 aromatic carbocycles. The molecule has 0 bridgehead atoms. The van der Waals surface area contributed by atoms with E-state index in [9.17, 15) is 4.79 Å². The van der Waals surface area contributed by atoms with Crippen molar-refractivity contribution in [1.82, 2.24) is 0 Å². The first kappa shape index (κ1) is 16.0. The molecule has 0 radical (unpaired) electrons. The van der Waals surface area contributed by atoms with E-state index in [0.29, 0.717) is 11.6 Å². The Hall–Kier alpha value is -1.36. The Labute approximate surface area is 137 Å². The van der Waals surface area contributed by atoms with Gasteiger partial charge in [0, 0.05) is 20.7 Å². The van der Waals surface area contributed by atoms with Gasteiger partial charge in [0.2, 0.25) is 0 Å². The Morgan fingerprint density at radius 1 is 1.29 bits per heavy atom. The van der Waals surface area contributed by atoms with Crippen molar-refractivity contribution in [2.24, 2.45) is 0 Å². The number of carbonyl (C=O) groups excluding carboxylic acids is 1. The predicted molar refractivity (Wildman–Crippen MR) is 89.4 cm³/mol. The summed E-state index contributed by atoms with van der Waals surface area (Å²) in [5.41, 5.74) is 1.91. The van der Waals surface area contributed by atoms with E-state index in [1.165, 1.54) is 0 Å². The molecule has 3 nitrogen and oxygen atoms in total. The van der Waals surface area contributed by atoms with Crippen molar-refractivity contribution < 1.29 is 10.1 Å². The SMILES string of the molecule is C[C@H]([NH2+]CC(=O)Nc1ccc(Br)cc1)c1cccc(Cl)c1. The molecular formula is C16H17BrClN2O+. The maximum Gasteiger partial charge on any atom is 0.279 e. The van der Waals surface area contributed by atoms with Crippen LogP contribution in [-0.2, 0) is 4.79 Å². The molecule has 21 heavy (non-hydrogen) atoms. The van der Waals surface area contributed by atoms with E-state index in [2.05, 4.69) is 28.2 Å². The van der Waals surface area contributed by atoms with Crippen molar-refractivity contribution >= 4 is 39.1 Å². The van der Waals surface area contributed by atoms with Gasteiger partial charge in [0.15, 0.2) is 6.54 Å². The van der Waals surface area contributed by atoms with Crippen molar-refractivity contribution in [3.63, 3.8) is 0 Å². The summed E-state index contributed by atoms with van der Waals surface area (Å²) in [6, 6.07) is 15.4. The van der Waals surface area contributed by atoms with Crippen LogP contribution in [0.4, 0.5) is 5.69 Å². The highest BCUT2D eigenvalue weighted by Crippen LogP contribution is 2.15. The maximum absolute atomic E-state index is 11.9. The standard InChI is InChI=1S/C16H16BrClN2O/c1-11(12-3-2-4-14(18)9-12)19-10-16(21)20-15-7-5-13(17)6-8-15/h2-9,11,19H,10H2,1H3,(H,20,21)/p+1/t11-/m0/s1. The Balaban J connectivity index is 1.84. The van der Waals surface area contributed by atoms with E-state index >= 15 is 0 Å². The predicted octanol–water partition coefficient (Wildman–Crippen LogP) is 3.37. The lowest BCUT2D eigenvalue weighted by Gasteiger charge is -2.11. The number of rotatable bonds is 5. The van der Waals surface area contributed by atoms with Gasteiger partial charge < -0.3 is 10.6 Å². The third kappa shape index (κ3) is 5.16. The number of carbonyl (C=O) groups is 1. The average molecular weight is 369 g/mol. The van der Waals surface area contributed by atoms with Crippen molar-refractivity contribution in [2.45, 2.75) is 13.0 Å². The van der Waals surface area contributed by atoms with Crippen LogP contribution in [-0.4, -0.2) is 12.5 Å².